The topological polar surface area (TPSA) is 128 Å². The number of benzene rings is 2. The number of carbonyl (C=O) groups excluding carboxylic acids is 1. The van der Waals surface area contributed by atoms with Crippen molar-refractivity contribution < 1.29 is 27.6 Å². The number of nitro benzene ring substituents is 1. The van der Waals surface area contributed by atoms with Crippen LogP contribution in [0.1, 0.15) is 38.2 Å². The first-order valence-corrected chi connectivity index (χ1v) is 12.7. The highest BCUT2D eigenvalue weighted by molar-refractivity contribution is 7.92. The average Bonchev–Trinajstić information content (AvgIpc) is 2.78. The predicted molar refractivity (Wildman–Crippen MR) is 130 cm³/mol. The number of non-ortho nitro benzene ring substituents is 1. The van der Waals surface area contributed by atoms with Crippen molar-refractivity contribution in [1.29, 1.82) is 0 Å². The SMILES string of the molecule is COc1ccc([N+](=O)[O-])cc1N(CCCC(=O)NCCOc1ccccc1C(C)C)S(C)(=O)=O. The van der Waals surface area contributed by atoms with Gasteiger partial charge in [-0.15, -0.1) is 0 Å². The maximum Gasteiger partial charge on any atom is 0.271 e. The van der Waals surface area contributed by atoms with Gasteiger partial charge in [0, 0.05) is 25.1 Å². The Bertz CT molecular complexity index is 1100. The van der Waals surface area contributed by atoms with Gasteiger partial charge in [0.15, 0.2) is 0 Å². The maximum absolute atomic E-state index is 12.4. The summed E-state index contributed by atoms with van der Waals surface area (Å²) in [6.45, 7) is 4.72. The summed E-state index contributed by atoms with van der Waals surface area (Å²) in [6, 6.07) is 11.5. The molecule has 0 aliphatic heterocycles. The van der Waals surface area contributed by atoms with Crippen LogP contribution in [0.15, 0.2) is 42.5 Å². The van der Waals surface area contributed by atoms with Gasteiger partial charge in [-0.1, -0.05) is 32.0 Å². The highest BCUT2D eigenvalue weighted by atomic mass is 32.2. The molecule has 34 heavy (non-hydrogen) atoms. The van der Waals surface area contributed by atoms with E-state index >= 15 is 0 Å². The molecule has 1 N–H and O–H groups in total. The molecule has 0 saturated carbocycles. The molecule has 0 bridgehead atoms. The van der Waals surface area contributed by atoms with E-state index in [2.05, 4.69) is 19.2 Å². The molecule has 0 spiro atoms. The molecule has 0 unspecified atom stereocenters. The van der Waals surface area contributed by atoms with Crippen molar-refractivity contribution >= 4 is 27.3 Å². The molecule has 186 valence electrons. The van der Waals surface area contributed by atoms with Gasteiger partial charge >= 0.3 is 0 Å². The van der Waals surface area contributed by atoms with Crippen LogP contribution in [0.3, 0.4) is 0 Å². The third kappa shape index (κ3) is 7.62. The molecule has 0 saturated heterocycles. The van der Waals surface area contributed by atoms with Crippen LogP contribution in [0.4, 0.5) is 11.4 Å². The zero-order valence-electron chi connectivity index (χ0n) is 19.8. The van der Waals surface area contributed by atoms with Crippen molar-refractivity contribution in [2.45, 2.75) is 32.6 Å². The molecule has 0 aliphatic carbocycles. The number of anilines is 1. The minimum atomic E-state index is -3.77. The number of hydrogen-bond acceptors (Lipinski definition) is 7. The fourth-order valence-electron chi connectivity index (χ4n) is 3.36. The third-order valence-electron chi connectivity index (χ3n) is 5.03. The van der Waals surface area contributed by atoms with Crippen molar-refractivity contribution in [3.8, 4) is 11.5 Å². The van der Waals surface area contributed by atoms with Gasteiger partial charge in [-0.05, 0) is 30.0 Å². The number of ether oxygens (including phenoxy) is 2. The summed E-state index contributed by atoms with van der Waals surface area (Å²) in [4.78, 5) is 22.7. The highest BCUT2D eigenvalue weighted by Crippen LogP contribution is 2.34. The Balaban J connectivity index is 1.92. The lowest BCUT2D eigenvalue weighted by Gasteiger charge is -2.24. The van der Waals surface area contributed by atoms with E-state index in [1.165, 1.54) is 19.2 Å². The Morgan fingerprint density at radius 2 is 1.88 bits per heavy atom. The van der Waals surface area contributed by atoms with Crippen LogP contribution in [-0.2, 0) is 14.8 Å². The van der Waals surface area contributed by atoms with Gasteiger partial charge in [-0.2, -0.15) is 0 Å². The number of hydrogen-bond donors (Lipinski definition) is 1. The minimum absolute atomic E-state index is 0.0396. The fraction of sp³-hybridized carbons (Fsp3) is 0.435. The number of para-hydroxylation sites is 1. The Morgan fingerprint density at radius 3 is 2.50 bits per heavy atom. The quantitative estimate of drug-likeness (QED) is 0.257. The summed E-state index contributed by atoms with van der Waals surface area (Å²) < 4.78 is 36.7. The maximum atomic E-state index is 12.4. The van der Waals surface area contributed by atoms with E-state index in [0.717, 1.165) is 27.9 Å². The second-order valence-corrected chi connectivity index (χ2v) is 9.85. The van der Waals surface area contributed by atoms with Crippen molar-refractivity contribution in [3.05, 3.63) is 58.1 Å². The van der Waals surface area contributed by atoms with Crippen LogP contribution in [0, 0.1) is 10.1 Å². The lowest BCUT2D eigenvalue weighted by molar-refractivity contribution is -0.384. The van der Waals surface area contributed by atoms with Gasteiger partial charge < -0.3 is 14.8 Å². The first-order chi connectivity index (χ1) is 16.0. The molecule has 11 heteroatoms. The predicted octanol–water partition coefficient (Wildman–Crippen LogP) is 3.47. The van der Waals surface area contributed by atoms with Gasteiger partial charge in [0.2, 0.25) is 15.9 Å². The minimum Gasteiger partial charge on any atom is -0.495 e. The van der Waals surface area contributed by atoms with Crippen LogP contribution in [0.2, 0.25) is 0 Å². The van der Waals surface area contributed by atoms with Crippen molar-refractivity contribution in [3.63, 3.8) is 0 Å². The molecule has 2 aromatic rings. The van der Waals surface area contributed by atoms with Gasteiger partial charge in [0.25, 0.3) is 5.69 Å². The molecular formula is C23H31N3O7S. The average molecular weight is 494 g/mol. The molecule has 0 radical (unpaired) electrons. The fourth-order valence-corrected chi connectivity index (χ4v) is 4.32. The molecule has 0 aliphatic rings. The number of carbonyl (C=O) groups is 1. The second-order valence-electron chi connectivity index (χ2n) is 7.94. The van der Waals surface area contributed by atoms with E-state index in [4.69, 9.17) is 9.47 Å². The number of methoxy groups -OCH3 is 1. The van der Waals surface area contributed by atoms with Gasteiger partial charge in [0.05, 0.1) is 24.8 Å². The summed E-state index contributed by atoms with van der Waals surface area (Å²) in [5, 5.41) is 13.9. The third-order valence-corrected chi connectivity index (χ3v) is 6.21. The van der Waals surface area contributed by atoms with E-state index < -0.39 is 14.9 Å². The number of rotatable bonds is 13. The molecule has 0 fully saturated rings. The Labute approximate surface area is 200 Å². The van der Waals surface area contributed by atoms with E-state index in [9.17, 15) is 23.3 Å². The normalized spacial score (nSPS) is 11.2. The Morgan fingerprint density at radius 1 is 1.18 bits per heavy atom. The van der Waals surface area contributed by atoms with E-state index in [-0.39, 0.29) is 42.4 Å². The monoisotopic (exact) mass is 493 g/mol. The lowest BCUT2D eigenvalue weighted by Crippen LogP contribution is -2.33. The second kappa shape index (κ2) is 12.2. The molecule has 0 heterocycles. The van der Waals surface area contributed by atoms with E-state index in [1.54, 1.807) is 0 Å². The number of sulfonamides is 1. The molecule has 10 nitrogen and oxygen atoms in total. The van der Waals surface area contributed by atoms with E-state index in [0.29, 0.717) is 19.1 Å². The number of nitrogens with zero attached hydrogens (tertiary/aromatic N) is 2. The zero-order valence-corrected chi connectivity index (χ0v) is 20.6. The van der Waals surface area contributed by atoms with Crippen LogP contribution < -0.4 is 19.1 Å². The van der Waals surface area contributed by atoms with Crippen LogP contribution in [0.5, 0.6) is 11.5 Å². The van der Waals surface area contributed by atoms with Crippen LogP contribution in [-0.4, -0.2) is 52.3 Å². The molecule has 2 rings (SSSR count). The summed E-state index contributed by atoms with van der Waals surface area (Å²) >= 11 is 0. The first-order valence-electron chi connectivity index (χ1n) is 10.8. The van der Waals surface area contributed by atoms with Crippen molar-refractivity contribution in [2.75, 3.05) is 37.4 Å². The van der Waals surface area contributed by atoms with Crippen LogP contribution in [0.25, 0.3) is 0 Å². The van der Waals surface area contributed by atoms with Crippen LogP contribution >= 0.6 is 0 Å². The number of amides is 1. The smallest absolute Gasteiger partial charge is 0.271 e. The summed E-state index contributed by atoms with van der Waals surface area (Å²) in [5.41, 5.74) is 0.879. The number of nitro groups is 1. The van der Waals surface area contributed by atoms with E-state index in [1.807, 2.05) is 24.3 Å². The molecule has 1 amide bonds. The summed E-state index contributed by atoms with van der Waals surface area (Å²) in [5.74, 6) is 1.02. The van der Waals surface area contributed by atoms with Gasteiger partial charge in [0.1, 0.15) is 23.8 Å². The van der Waals surface area contributed by atoms with Gasteiger partial charge in [-0.3, -0.25) is 19.2 Å². The number of nitrogens with one attached hydrogen (secondary N) is 1. The van der Waals surface area contributed by atoms with Crippen molar-refractivity contribution in [1.82, 2.24) is 5.32 Å². The molecule has 2 aromatic carbocycles. The zero-order chi connectivity index (χ0) is 25.3. The molecular weight excluding hydrogens is 462 g/mol. The van der Waals surface area contributed by atoms with Gasteiger partial charge in [-0.25, -0.2) is 8.42 Å². The molecule has 0 aromatic heterocycles. The highest BCUT2D eigenvalue weighted by Gasteiger charge is 2.24. The largest absolute Gasteiger partial charge is 0.495 e. The lowest BCUT2D eigenvalue weighted by atomic mass is 10.0. The molecule has 0 atom stereocenters. The summed E-state index contributed by atoms with van der Waals surface area (Å²) in [7, 11) is -2.43. The summed E-state index contributed by atoms with van der Waals surface area (Å²) in [6.07, 6.45) is 1.28. The first kappa shape index (κ1) is 26.9. The Kier molecular flexibility index (Phi) is 9.67. The van der Waals surface area contributed by atoms with Crippen molar-refractivity contribution in [2.24, 2.45) is 0 Å². The Hall–Kier alpha value is -3.34. The standard InChI is InChI=1S/C23H31N3O7S/c1-17(2)19-8-5-6-9-21(19)33-15-13-24-23(27)10-7-14-25(34(4,30)31)20-16-18(26(28)29)11-12-22(20)32-3/h5-6,8-9,11-12,16-17H,7,10,13-15H2,1-4H3,(H,24,27).